The number of hydrogen-bond donors (Lipinski definition) is 8. The molecule has 0 saturated heterocycles. The first-order valence-corrected chi connectivity index (χ1v) is 12.9. The van der Waals surface area contributed by atoms with E-state index in [4.69, 9.17) is 10.8 Å². The lowest BCUT2D eigenvalue weighted by atomic mass is 10.0. The summed E-state index contributed by atoms with van der Waals surface area (Å²) in [7, 11) is 0. The number of carboxylic acid groups (broad SMARTS) is 2. The number of H-pyrrole nitrogens is 1. The van der Waals surface area contributed by atoms with Crippen LogP contribution >= 0.6 is 0 Å². The highest BCUT2D eigenvalue weighted by atomic mass is 16.4. The van der Waals surface area contributed by atoms with Crippen molar-refractivity contribution >= 4 is 40.6 Å². The Hall–Kier alpha value is -4.75. The molecule has 0 fully saturated rings. The van der Waals surface area contributed by atoms with Gasteiger partial charge in [0.15, 0.2) is 0 Å². The number of fused-ring (bicyclic) bond motifs is 1. The Morgan fingerprint density at radius 2 is 1.39 bits per heavy atom. The van der Waals surface area contributed by atoms with Crippen LogP contribution in [0.1, 0.15) is 24.0 Å². The second-order valence-electron chi connectivity index (χ2n) is 9.50. The third kappa shape index (κ3) is 8.88. The van der Waals surface area contributed by atoms with Gasteiger partial charge in [-0.05, 0) is 30.0 Å². The molecule has 0 saturated carbocycles. The van der Waals surface area contributed by atoms with Crippen LogP contribution in [0.5, 0.6) is 0 Å². The number of nitrogens with two attached hydrogens (primary N) is 1. The minimum Gasteiger partial charge on any atom is -0.481 e. The average Bonchev–Trinajstić information content (AvgIpc) is 3.36. The number of carboxylic acids is 2. The number of rotatable bonds is 15. The van der Waals surface area contributed by atoms with E-state index in [9.17, 15) is 34.2 Å². The van der Waals surface area contributed by atoms with E-state index in [1.54, 1.807) is 36.5 Å². The van der Waals surface area contributed by atoms with Crippen LogP contribution in [0.4, 0.5) is 0 Å². The van der Waals surface area contributed by atoms with E-state index in [1.165, 1.54) is 0 Å². The van der Waals surface area contributed by atoms with Crippen molar-refractivity contribution in [2.45, 2.75) is 49.9 Å². The molecule has 0 bridgehead atoms. The number of aliphatic hydroxyl groups excluding tert-OH is 1. The molecule has 4 atom stereocenters. The number of aliphatic hydroxyl groups is 1. The van der Waals surface area contributed by atoms with Crippen molar-refractivity contribution in [2.24, 2.45) is 5.73 Å². The predicted octanol–water partition coefficient (Wildman–Crippen LogP) is -0.323. The summed E-state index contributed by atoms with van der Waals surface area (Å²) in [5, 5.41) is 35.9. The summed E-state index contributed by atoms with van der Waals surface area (Å²) in [6, 6.07) is 11.0. The molecule has 13 nitrogen and oxygen atoms in total. The summed E-state index contributed by atoms with van der Waals surface area (Å²) < 4.78 is 0. The molecule has 0 aliphatic heterocycles. The van der Waals surface area contributed by atoms with E-state index in [1.807, 2.05) is 24.3 Å². The van der Waals surface area contributed by atoms with Crippen LogP contribution in [0, 0.1) is 0 Å². The van der Waals surface area contributed by atoms with Crippen LogP contribution < -0.4 is 21.7 Å². The Morgan fingerprint density at radius 3 is 2.05 bits per heavy atom. The van der Waals surface area contributed by atoms with Gasteiger partial charge in [0, 0.05) is 29.9 Å². The molecule has 0 radical (unpaired) electrons. The van der Waals surface area contributed by atoms with Gasteiger partial charge in [0.05, 0.1) is 12.6 Å². The topological polar surface area (TPSA) is 224 Å². The van der Waals surface area contributed by atoms with Gasteiger partial charge in [-0.25, -0.2) is 4.79 Å². The van der Waals surface area contributed by atoms with E-state index >= 15 is 0 Å². The van der Waals surface area contributed by atoms with Crippen molar-refractivity contribution < 1.29 is 39.3 Å². The normalized spacial score (nSPS) is 13.9. The van der Waals surface area contributed by atoms with Crippen molar-refractivity contribution in [1.29, 1.82) is 0 Å². The van der Waals surface area contributed by atoms with Gasteiger partial charge in [-0.15, -0.1) is 0 Å². The maximum absolute atomic E-state index is 13.2. The molecule has 2 aromatic carbocycles. The summed E-state index contributed by atoms with van der Waals surface area (Å²) in [6.45, 7) is -0.880. The van der Waals surface area contributed by atoms with Crippen LogP contribution in [0.3, 0.4) is 0 Å². The lowest BCUT2D eigenvalue weighted by molar-refractivity contribution is -0.143. The standard InChI is InChI=1S/C28H33N5O8/c29-19(13-17-14-30-20-9-5-4-8-18(17)20)25(37)32-22(12-16-6-2-1-3-7-16)26(38)33-23(15-34)27(39)31-21(28(40)41)10-11-24(35)36/h1-9,14,19,21-23,30,34H,10-13,15,29H2,(H,31,39)(H,32,37)(H,33,38)(H,35,36)(H,40,41). The highest BCUT2D eigenvalue weighted by Gasteiger charge is 2.30. The molecule has 218 valence electrons. The first kappa shape index (κ1) is 30.8. The minimum atomic E-state index is -1.57. The molecular weight excluding hydrogens is 534 g/mol. The lowest BCUT2D eigenvalue weighted by Crippen LogP contribution is -2.58. The number of aliphatic carboxylic acids is 2. The zero-order valence-corrected chi connectivity index (χ0v) is 22.1. The fourth-order valence-electron chi connectivity index (χ4n) is 4.23. The number of aromatic nitrogens is 1. The number of para-hydroxylation sites is 1. The smallest absolute Gasteiger partial charge is 0.326 e. The van der Waals surface area contributed by atoms with Crippen molar-refractivity contribution in [3.63, 3.8) is 0 Å². The molecule has 0 spiro atoms. The van der Waals surface area contributed by atoms with Crippen molar-refractivity contribution in [2.75, 3.05) is 6.61 Å². The van der Waals surface area contributed by atoms with Gasteiger partial charge in [-0.3, -0.25) is 19.2 Å². The SMILES string of the molecule is NC(Cc1c[nH]c2ccccc12)C(=O)NC(Cc1ccccc1)C(=O)NC(CO)C(=O)NC(CCC(=O)O)C(=O)O. The predicted molar refractivity (Wildman–Crippen MR) is 148 cm³/mol. The van der Waals surface area contributed by atoms with E-state index in [0.29, 0.717) is 5.56 Å². The van der Waals surface area contributed by atoms with Gasteiger partial charge < -0.3 is 42.0 Å². The molecule has 3 amide bonds. The largest absolute Gasteiger partial charge is 0.481 e. The van der Waals surface area contributed by atoms with E-state index < -0.39 is 73.3 Å². The molecule has 3 aromatic rings. The summed E-state index contributed by atoms with van der Waals surface area (Å²) in [5.74, 6) is -5.18. The van der Waals surface area contributed by atoms with Crippen LogP contribution in [0.25, 0.3) is 10.9 Å². The van der Waals surface area contributed by atoms with Gasteiger partial charge in [0.25, 0.3) is 0 Å². The molecule has 1 aromatic heterocycles. The van der Waals surface area contributed by atoms with Gasteiger partial charge in [0.2, 0.25) is 17.7 Å². The number of aromatic amines is 1. The summed E-state index contributed by atoms with van der Waals surface area (Å²) >= 11 is 0. The number of nitrogens with one attached hydrogen (secondary N) is 4. The van der Waals surface area contributed by atoms with Crippen molar-refractivity contribution in [3.8, 4) is 0 Å². The third-order valence-corrected chi connectivity index (χ3v) is 6.44. The van der Waals surface area contributed by atoms with Gasteiger partial charge in [-0.2, -0.15) is 0 Å². The van der Waals surface area contributed by atoms with Crippen molar-refractivity contribution in [3.05, 3.63) is 71.9 Å². The van der Waals surface area contributed by atoms with E-state index in [0.717, 1.165) is 16.5 Å². The van der Waals surface area contributed by atoms with Crippen LogP contribution in [-0.2, 0) is 36.8 Å². The maximum atomic E-state index is 13.2. The number of amides is 3. The van der Waals surface area contributed by atoms with E-state index in [-0.39, 0.29) is 12.8 Å². The number of carbonyl (C=O) groups excluding carboxylic acids is 3. The van der Waals surface area contributed by atoms with Crippen LogP contribution in [0.2, 0.25) is 0 Å². The highest BCUT2D eigenvalue weighted by molar-refractivity contribution is 5.94. The van der Waals surface area contributed by atoms with E-state index in [2.05, 4.69) is 20.9 Å². The highest BCUT2D eigenvalue weighted by Crippen LogP contribution is 2.19. The number of hydrogen-bond acceptors (Lipinski definition) is 7. The Balaban J connectivity index is 1.71. The molecule has 0 aliphatic carbocycles. The van der Waals surface area contributed by atoms with Crippen molar-refractivity contribution in [1.82, 2.24) is 20.9 Å². The Morgan fingerprint density at radius 1 is 0.780 bits per heavy atom. The molecule has 3 rings (SSSR count). The second kappa shape index (κ2) is 14.6. The summed E-state index contributed by atoms with van der Waals surface area (Å²) in [6.07, 6.45) is 1.07. The summed E-state index contributed by atoms with van der Waals surface area (Å²) in [4.78, 5) is 64.4. The Labute approximate surface area is 235 Å². The fourth-order valence-corrected chi connectivity index (χ4v) is 4.23. The fraction of sp³-hybridized carbons (Fsp3) is 0.321. The maximum Gasteiger partial charge on any atom is 0.326 e. The second-order valence-corrected chi connectivity index (χ2v) is 9.50. The van der Waals surface area contributed by atoms with Gasteiger partial charge in [-0.1, -0.05) is 48.5 Å². The first-order chi connectivity index (χ1) is 19.6. The number of benzene rings is 2. The zero-order chi connectivity index (χ0) is 29.9. The minimum absolute atomic E-state index is 0.0361. The zero-order valence-electron chi connectivity index (χ0n) is 22.1. The Bertz CT molecular complexity index is 1380. The molecule has 1 heterocycles. The Kier molecular flexibility index (Phi) is 11.0. The molecule has 0 aliphatic rings. The lowest BCUT2D eigenvalue weighted by Gasteiger charge is -2.24. The average molecular weight is 568 g/mol. The monoisotopic (exact) mass is 567 g/mol. The quantitative estimate of drug-likeness (QED) is 0.120. The van der Waals surface area contributed by atoms with Gasteiger partial charge >= 0.3 is 11.9 Å². The molecule has 41 heavy (non-hydrogen) atoms. The first-order valence-electron chi connectivity index (χ1n) is 12.9. The number of carbonyl (C=O) groups is 5. The van der Waals surface area contributed by atoms with Crippen LogP contribution in [-0.4, -0.2) is 80.7 Å². The summed E-state index contributed by atoms with van der Waals surface area (Å²) in [5.41, 5.74) is 8.59. The molecule has 9 N–H and O–H groups in total. The van der Waals surface area contributed by atoms with Crippen LogP contribution in [0.15, 0.2) is 60.8 Å². The molecule has 13 heteroatoms. The molecule has 4 unspecified atom stereocenters. The molecular formula is C28H33N5O8. The third-order valence-electron chi connectivity index (χ3n) is 6.44. The van der Waals surface area contributed by atoms with Gasteiger partial charge in [0.1, 0.15) is 18.1 Å².